The van der Waals surface area contributed by atoms with E-state index in [4.69, 9.17) is 16.9 Å². The number of ether oxygens (including phenoxy) is 1. The van der Waals surface area contributed by atoms with Crippen molar-refractivity contribution in [2.45, 2.75) is 19.0 Å². The lowest BCUT2D eigenvalue weighted by Gasteiger charge is -2.13. The summed E-state index contributed by atoms with van der Waals surface area (Å²) in [5.74, 6) is 2.58. The molecule has 104 valence electrons. The van der Waals surface area contributed by atoms with Gasteiger partial charge in [0, 0.05) is 13.0 Å². The van der Waals surface area contributed by atoms with Gasteiger partial charge in [0.1, 0.15) is 5.69 Å². The third kappa shape index (κ3) is 3.81. The predicted molar refractivity (Wildman–Crippen MR) is 73.1 cm³/mol. The zero-order chi connectivity index (χ0) is 14.4. The number of Topliss-reactive ketones (excluding diaryl/α,β-unsaturated/α-hetero) is 1. The number of aromatic nitrogens is 2. The maximum absolute atomic E-state index is 12.3. The molecule has 0 bridgehead atoms. The van der Waals surface area contributed by atoms with E-state index in [2.05, 4.69) is 11.0 Å². The molecule has 0 aliphatic carbocycles. The molecule has 1 unspecified atom stereocenters. The van der Waals surface area contributed by atoms with Gasteiger partial charge in [0.05, 0.1) is 25.9 Å². The summed E-state index contributed by atoms with van der Waals surface area (Å²) in [6.07, 6.45) is 6.90. The zero-order valence-corrected chi connectivity index (χ0v) is 11.6. The van der Waals surface area contributed by atoms with E-state index in [1.807, 2.05) is 19.0 Å². The standard InChI is InChI=1S/C13H20N4O2/c1-5-6-10(14)13(18)12-11(19-4)9-15-17(12)8-7-16(2)3/h1,9-10H,6-8,14H2,2-4H3. The van der Waals surface area contributed by atoms with Crippen molar-refractivity contribution in [2.75, 3.05) is 27.7 Å². The Balaban J connectivity index is 2.99. The van der Waals surface area contributed by atoms with E-state index in [1.54, 1.807) is 4.68 Å². The van der Waals surface area contributed by atoms with Crippen LogP contribution in [0.5, 0.6) is 5.75 Å². The molecule has 0 saturated heterocycles. The Hall–Kier alpha value is -1.84. The summed E-state index contributed by atoms with van der Waals surface area (Å²) in [7, 11) is 5.40. The Morgan fingerprint density at radius 3 is 2.89 bits per heavy atom. The van der Waals surface area contributed by atoms with Crippen LogP contribution in [0.3, 0.4) is 0 Å². The van der Waals surface area contributed by atoms with Crippen molar-refractivity contribution >= 4 is 5.78 Å². The minimum Gasteiger partial charge on any atom is -0.493 e. The summed E-state index contributed by atoms with van der Waals surface area (Å²) in [6.45, 7) is 1.34. The highest BCUT2D eigenvalue weighted by Crippen LogP contribution is 2.19. The van der Waals surface area contributed by atoms with Gasteiger partial charge in [0.15, 0.2) is 5.75 Å². The lowest BCUT2D eigenvalue weighted by atomic mass is 10.1. The van der Waals surface area contributed by atoms with Crippen LogP contribution in [-0.4, -0.2) is 54.3 Å². The highest BCUT2D eigenvalue weighted by Gasteiger charge is 2.24. The van der Waals surface area contributed by atoms with Crippen LogP contribution < -0.4 is 10.5 Å². The van der Waals surface area contributed by atoms with Gasteiger partial charge in [0.25, 0.3) is 0 Å². The first-order valence-corrected chi connectivity index (χ1v) is 5.99. The molecule has 0 radical (unpaired) electrons. The molecule has 0 aliphatic heterocycles. The highest BCUT2D eigenvalue weighted by atomic mass is 16.5. The van der Waals surface area contributed by atoms with Gasteiger partial charge in [0.2, 0.25) is 5.78 Å². The number of methoxy groups -OCH3 is 1. The average Bonchev–Trinajstić information content (AvgIpc) is 2.78. The number of ketones is 1. The fourth-order valence-corrected chi connectivity index (χ4v) is 1.63. The second-order valence-electron chi connectivity index (χ2n) is 4.47. The number of hydrogen-bond acceptors (Lipinski definition) is 5. The highest BCUT2D eigenvalue weighted by molar-refractivity contribution is 6.00. The van der Waals surface area contributed by atoms with Crippen molar-refractivity contribution < 1.29 is 9.53 Å². The smallest absolute Gasteiger partial charge is 0.202 e. The molecule has 0 amide bonds. The Morgan fingerprint density at radius 2 is 2.37 bits per heavy atom. The Labute approximate surface area is 113 Å². The van der Waals surface area contributed by atoms with Gasteiger partial charge in [-0.25, -0.2) is 0 Å². The zero-order valence-electron chi connectivity index (χ0n) is 11.6. The van der Waals surface area contributed by atoms with E-state index in [0.717, 1.165) is 6.54 Å². The molecule has 0 spiro atoms. The first-order chi connectivity index (χ1) is 9.01. The van der Waals surface area contributed by atoms with E-state index in [0.29, 0.717) is 18.0 Å². The lowest BCUT2D eigenvalue weighted by molar-refractivity contribution is 0.0948. The van der Waals surface area contributed by atoms with Crippen LogP contribution in [0.4, 0.5) is 0 Å². The minimum absolute atomic E-state index is 0.195. The van der Waals surface area contributed by atoms with Crippen LogP contribution >= 0.6 is 0 Å². The molecule has 1 aromatic rings. The number of hydrogen-bond donors (Lipinski definition) is 1. The number of carbonyl (C=O) groups excluding carboxylic acids is 1. The van der Waals surface area contributed by atoms with E-state index in [1.165, 1.54) is 13.3 Å². The van der Waals surface area contributed by atoms with Crippen molar-refractivity contribution in [2.24, 2.45) is 5.73 Å². The van der Waals surface area contributed by atoms with Gasteiger partial charge in [-0.05, 0) is 14.1 Å². The third-order valence-electron chi connectivity index (χ3n) is 2.69. The van der Waals surface area contributed by atoms with Crippen LogP contribution in [0.2, 0.25) is 0 Å². The second-order valence-corrected chi connectivity index (χ2v) is 4.47. The van der Waals surface area contributed by atoms with Crippen molar-refractivity contribution in [1.29, 1.82) is 0 Å². The molecule has 6 heteroatoms. The minimum atomic E-state index is -0.728. The molecule has 1 heterocycles. The number of carbonyl (C=O) groups is 1. The van der Waals surface area contributed by atoms with Crippen molar-refractivity contribution in [3.05, 3.63) is 11.9 Å². The molecule has 1 rings (SSSR count). The van der Waals surface area contributed by atoms with Crippen molar-refractivity contribution in [3.63, 3.8) is 0 Å². The van der Waals surface area contributed by atoms with Crippen LogP contribution in [0.25, 0.3) is 0 Å². The summed E-state index contributed by atoms with van der Waals surface area (Å²) in [5.41, 5.74) is 6.15. The molecule has 2 N–H and O–H groups in total. The molecule has 0 saturated carbocycles. The average molecular weight is 264 g/mol. The van der Waals surface area contributed by atoms with Gasteiger partial charge in [-0.15, -0.1) is 12.3 Å². The van der Waals surface area contributed by atoms with Gasteiger partial charge < -0.3 is 15.4 Å². The Kier molecular flexibility index (Phi) is 5.55. The van der Waals surface area contributed by atoms with E-state index in [9.17, 15) is 4.79 Å². The molecule has 1 atom stereocenters. The first kappa shape index (κ1) is 15.2. The largest absolute Gasteiger partial charge is 0.493 e. The van der Waals surface area contributed by atoms with E-state index >= 15 is 0 Å². The van der Waals surface area contributed by atoms with E-state index < -0.39 is 6.04 Å². The SMILES string of the molecule is C#CCC(N)C(=O)c1c(OC)cnn1CCN(C)C. The predicted octanol–water partition coefficient (Wildman–Crippen LogP) is -0.0134. The molecule has 6 nitrogen and oxygen atoms in total. The number of nitrogens with zero attached hydrogens (tertiary/aromatic N) is 3. The quantitative estimate of drug-likeness (QED) is 0.554. The fraction of sp³-hybridized carbons (Fsp3) is 0.538. The van der Waals surface area contributed by atoms with Gasteiger partial charge in [-0.3, -0.25) is 9.48 Å². The third-order valence-corrected chi connectivity index (χ3v) is 2.69. The number of likely N-dealkylation sites (N-methyl/N-ethyl adjacent to an activating group) is 1. The van der Waals surface area contributed by atoms with Crippen LogP contribution in [-0.2, 0) is 6.54 Å². The maximum Gasteiger partial charge on any atom is 0.202 e. The summed E-state index contributed by atoms with van der Waals surface area (Å²) in [6, 6.07) is -0.728. The molecular formula is C13H20N4O2. The summed E-state index contributed by atoms with van der Waals surface area (Å²) in [5, 5.41) is 4.16. The lowest BCUT2D eigenvalue weighted by Crippen LogP contribution is -2.33. The van der Waals surface area contributed by atoms with Crippen LogP contribution in [0.1, 0.15) is 16.9 Å². The van der Waals surface area contributed by atoms with Crippen LogP contribution in [0.15, 0.2) is 6.20 Å². The Morgan fingerprint density at radius 1 is 1.68 bits per heavy atom. The molecular weight excluding hydrogens is 244 g/mol. The normalized spacial score (nSPS) is 12.2. The van der Waals surface area contributed by atoms with Gasteiger partial charge in [-0.1, -0.05) is 0 Å². The van der Waals surface area contributed by atoms with E-state index in [-0.39, 0.29) is 12.2 Å². The fourth-order valence-electron chi connectivity index (χ4n) is 1.63. The molecule has 0 fully saturated rings. The molecule has 19 heavy (non-hydrogen) atoms. The summed E-state index contributed by atoms with van der Waals surface area (Å²) >= 11 is 0. The summed E-state index contributed by atoms with van der Waals surface area (Å²) in [4.78, 5) is 14.3. The number of rotatable bonds is 7. The maximum atomic E-state index is 12.3. The number of terminal acetylenes is 1. The van der Waals surface area contributed by atoms with Crippen molar-refractivity contribution in [1.82, 2.24) is 14.7 Å². The van der Waals surface area contributed by atoms with Gasteiger partial charge >= 0.3 is 0 Å². The topological polar surface area (TPSA) is 73.4 Å². The molecule has 0 aromatic carbocycles. The molecule has 0 aliphatic rings. The number of nitrogens with two attached hydrogens (primary N) is 1. The summed E-state index contributed by atoms with van der Waals surface area (Å²) < 4.78 is 6.77. The second kappa shape index (κ2) is 6.92. The van der Waals surface area contributed by atoms with Crippen LogP contribution in [0, 0.1) is 12.3 Å². The monoisotopic (exact) mass is 264 g/mol. The Bertz CT molecular complexity index is 473. The van der Waals surface area contributed by atoms with Gasteiger partial charge in [-0.2, -0.15) is 5.10 Å². The first-order valence-electron chi connectivity index (χ1n) is 5.99. The van der Waals surface area contributed by atoms with Crippen molar-refractivity contribution in [3.8, 4) is 18.1 Å². The molecule has 1 aromatic heterocycles.